The van der Waals surface area contributed by atoms with Crippen molar-refractivity contribution in [3.05, 3.63) is 24.3 Å². The van der Waals surface area contributed by atoms with Crippen LogP contribution in [0.5, 0.6) is 0 Å². The number of aliphatic hydroxyl groups is 1. The maximum Gasteiger partial charge on any atom is 0.302 e. The molecule has 11 amide bonds. The lowest BCUT2D eigenvalue weighted by Gasteiger charge is -2.41. The lowest BCUT2D eigenvalue weighted by molar-refractivity contribution is -0.157. The topological polar surface area (TPSA) is 314 Å². The molecule has 524 valence electrons. The summed E-state index contributed by atoms with van der Waals surface area (Å²) in [6.07, 6.45) is 4.59. The van der Waals surface area contributed by atoms with Crippen LogP contribution in [0.4, 0.5) is 0 Å². The molecule has 0 bridgehead atoms. The van der Waals surface area contributed by atoms with Crippen molar-refractivity contribution in [2.24, 2.45) is 35.5 Å². The van der Waals surface area contributed by atoms with Gasteiger partial charge in [0.05, 0.1) is 25.4 Å². The molecule has 0 spiro atoms. The Morgan fingerprint density at radius 2 is 0.989 bits per heavy atom. The highest BCUT2D eigenvalue weighted by Crippen LogP contribution is 2.26. The highest BCUT2D eigenvalue weighted by Gasteiger charge is 2.46. The number of rotatable bonds is 19. The largest absolute Gasteiger partial charge is 0.462 e. The van der Waals surface area contributed by atoms with E-state index in [2.05, 4.69) is 21.3 Å². The van der Waals surface area contributed by atoms with E-state index in [1.807, 2.05) is 41.5 Å². The molecule has 1 rings (SSSR count). The highest BCUT2D eigenvalue weighted by molar-refractivity contribution is 5.99. The molecular weight excluding hydrogens is 1190 g/mol. The van der Waals surface area contributed by atoms with Gasteiger partial charge in [0, 0.05) is 56.3 Å². The van der Waals surface area contributed by atoms with Crippen LogP contribution in [-0.2, 0) is 67.0 Å². The van der Waals surface area contributed by atoms with Crippen molar-refractivity contribution in [1.29, 1.82) is 0 Å². The van der Waals surface area contributed by atoms with Gasteiger partial charge in [-0.1, -0.05) is 101 Å². The molecule has 5 N–H and O–H groups in total. The second kappa shape index (κ2) is 38.9. The first kappa shape index (κ1) is 83.1. The molecule has 92 heavy (non-hydrogen) atoms. The molecule has 0 saturated carbocycles. The monoisotopic (exact) mass is 1300 g/mol. The van der Waals surface area contributed by atoms with E-state index in [1.54, 1.807) is 60.6 Å². The van der Waals surface area contributed by atoms with Gasteiger partial charge in [0.15, 0.2) is 0 Å². The fraction of sp³-hybridized carbons (Fsp3) is 0.758. The van der Waals surface area contributed by atoms with Gasteiger partial charge in [0.2, 0.25) is 65.0 Å². The summed E-state index contributed by atoms with van der Waals surface area (Å²) in [4.78, 5) is 181. The Hall–Kier alpha value is -6.96. The molecule has 1 saturated heterocycles. The molecule has 0 unspecified atom stereocenters. The predicted octanol–water partition coefficient (Wildman–Crippen LogP) is 2.75. The Morgan fingerprint density at radius 1 is 0.522 bits per heavy atom. The van der Waals surface area contributed by atoms with Gasteiger partial charge in [0.25, 0.3) is 0 Å². The Bertz CT molecular complexity index is 2580. The second-order valence-electron chi connectivity index (χ2n) is 26.7. The quantitative estimate of drug-likeness (QED) is 0.0918. The van der Waals surface area contributed by atoms with Crippen LogP contribution in [0.3, 0.4) is 0 Å². The molecule has 1 heterocycles. The molecule has 26 heteroatoms. The zero-order chi connectivity index (χ0) is 71.1. The van der Waals surface area contributed by atoms with Crippen LogP contribution in [0.15, 0.2) is 24.3 Å². The van der Waals surface area contributed by atoms with Crippen molar-refractivity contribution in [2.75, 3.05) is 69.1 Å². The first-order valence-electron chi connectivity index (χ1n) is 32.4. The van der Waals surface area contributed by atoms with Crippen LogP contribution in [0.2, 0.25) is 0 Å². The average molecular weight is 1300 g/mol. The number of carbonyl (C=O) groups is 12. The SMILES string of the molecule is C/C=C/C[C@@H](C)[C@@H](O)[C@H]1C(=O)N[C@@H](CC)C(=O)N(C)CC(=O)N(C)[C@@H]([C@@H](C)OC/C=C/COC(C)=O)C(=O)N[C@@H](C(C)C)C(=O)N(C)[C@@H](CC(C)C)C(=O)N[C@@H](C)C(=O)N[C@H](C)C(=O)N(C)[C@@H](CC(C)C)C(=O)N(C)[C@@H](CC(C)C)C(=O)N(C)[C@@H](C(C)C)C(=O)N1C. The fourth-order valence-corrected chi connectivity index (χ4v) is 11.1. The van der Waals surface area contributed by atoms with Gasteiger partial charge >= 0.3 is 5.97 Å². The first-order valence-corrected chi connectivity index (χ1v) is 32.4. The Kier molecular flexibility index (Phi) is 35.1. The number of hydrogen-bond acceptors (Lipinski definition) is 15. The van der Waals surface area contributed by atoms with E-state index in [4.69, 9.17) is 9.47 Å². The molecule has 0 aromatic heterocycles. The molecule has 1 aliphatic rings. The Balaban J connectivity index is 4.40. The smallest absolute Gasteiger partial charge is 0.302 e. The van der Waals surface area contributed by atoms with Crippen LogP contribution in [-0.4, -0.2) is 252 Å². The molecular formula is C66H115N11O15. The van der Waals surface area contributed by atoms with Gasteiger partial charge < -0.3 is 70.1 Å². The fourth-order valence-electron chi connectivity index (χ4n) is 11.1. The van der Waals surface area contributed by atoms with Crippen LogP contribution in [0.25, 0.3) is 0 Å². The lowest BCUT2D eigenvalue weighted by atomic mass is 9.91. The summed E-state index contributed by atoms with van der Waals surface area (Å²) in [5.41, 5.74) is 0. The lowest BCUT2D eigenvalue weighted by Crippen LogP contribution is -2.63. The van der Waals surface area contributed by atoms with Gasteiger partial charge in [0.1, 0.15) is 67.0 Å². The molecule has 0 radical (unpaired) electrons. The third kappa shape index (κ3) is 24.2. The zero-order valence-electron chi connectivity index (χ0n) is 59.7. The summed E-state index contributed by atoms with van der Waals surface area (Å²) < 4.78 is 11.0. The normalized spacial score (nSPS) is 26.1. The van der Waals surface area contributed by atoms with Gasteiger partial charge in [-0.25, -0.2) is 0 Å². The number of esters is 1. The van der Waals surface area contributed by atoms with E-state index in [0.29, 0.717) is 0 Å². The minimum absolute atomic E-state index is 0.0302. The van der Waals surface area contributed by atoms with Crippen molar-refractivity contribution in [1.82, 2.24) is 55.6 Å². The number of hydrogen-bond donors (Lipinski definition) is 5. The highest BCUT2D eigenvalue weighted by atomic mass is 16.5. The molecule has 0 aliphatic carbocycles. The number of ether oxygens (including phenoxy) is 2. The van der Waals surface area contributed by atoms with Gasteiger partial charge in [-0.15, -0.1) is 0 Å². The average Bonchev–Trinajstić information content (AvgIpc) is 0.831. The summed E-state index contributed by atoms with van der Waals surface area (Å²) in [5.74, 6) is -11.0. The van der Waals surface area contributed by atoms with Crippen LogP contribution >= 0.6 is 0 Å². The number of carbonyl (C=O) groups excluding carboxylic acids is 12. The number of allylic oxidation sites excluding steroid dienone is 2. The van der Waals surface area contributed by atoms with E-state index in [0.717, 1.165) is 14.7 Å². The van der Waals surface area contributed by atoms with Gasteiger partial charge in [-0.2, -0.15) is 0 Å². The number of aliphatic hydroxyl groups excluding tert-OH is 1. The molecule has 0 aromatic carbocycles. The summed E-state index contributed by atoms with van der Waals surface area (Å²) in [6.45, 7) is 27.7. The molecule has 1 aliphatic heterocycles. The van der Waals surface area contributed by atoms with E-state index in [9.17, 15) is 53.1 Å². The van der Waals surface area contributed by atoms with Crippen LogP contribution in [0.1, 0.15) is 150 Å². The molecule has 1 fully saturated rings. The molecule has 13 atom stereocenters. The number of nitrogens with zero attached hydrogens (tertiary/aromatic N) is 7. The minimum atomic E-state index is -1.65. The standard InChI is InChI=1S/C66H115N11O15/c1-25-27-30-42(13)56(80)55-60(84)69-47(26-2)62(86)71(18)36-51(79)75(22)54(45(16)91-31-28-29-32-92-46(17)78)59(83)70-52(40(9)10)65(89)72(19)48(33-37(3)4)58(82)67-43(14)57(81)68-44(15)61(85)73(20)49(34-38(5)6)63(87)74(21)50(35-39(7)8)64(88)76(23)53(41(11)12)66(90)77(55)24/h25,27-29,37-45,47-50,52-56,80H,26,30-36H2,1-24H3,(H,67,82)(H,68,81)(H,69,84)(H,70,83)/b27-25+,29-28+/t42-,43+,44-,45-,47+,48+,49+,50+,52+,53+,54+,55+,56-/m1/s1. The molecule has 26 nitrogen and oxygen atoms in total. The number of nitrogens with one attached hydrogen (secondary N) is 4. The van der Waals surface area contributed by atoms with Crippen molar-refractivity contribution < 1.29 is 72.1 Å². The second-order valence-corrected chi connectivity index (χ2v) is 26.7. The summed E-state index contributed by atoms with van der Waals surface area (Å²) in [5, 5.41) is 23.0. The van der Waals surface area contributed by atoms with Crippen molar-refractivity contribution >= 4 is 70.9 Å². The summed E-state index contributed by atoms with van der Waals surface area (Å²) >= 11 is 0. The summed E-state index contributed by atoms with van der Waals surface area (Å²) in [7, 11) is 9.66. The van der Waals surface area contributed by atoms with Gasteiger partial charge in [-0.3, -0.25) is 57.5 Å². The van der Waals surface area contributed by atoms with Crippen molar-refractivity contribution in [3.8, 4) is 0 Å². The van der Waals surface area contributed by atoms with E-state index < -0.39 is 168 Å². The Morgan fingerprint density at radius 3 is 1.48 bits per heavy atom. The molecule has 0 aromatic rings. The minimum Gasteiger partial charge on any atom is -0.462 e. The third-order valence-electron chi connectivity index (χ3n) is 16.7. The zero-order valence-corrected chi connectivity index (χ0v) is 59.7. The summed E-state index contributed by atoms with van der Waals surface area (Å²) in [6, 6.07) is -13.1. The van der Waals surface area contributed by atoms with Crippen molar-refractivity contribution in [2.45, 2.75) is 222 Å². The first-order chi connectivity index (χ1) is 42.6. The van der Waals surface area contributed by atoms with E-state index in [1.165, 1.54) is 109 Å². The third-order valence-corrected chi connectivity index (χ3v) is 16.7. The Labute approximate surface area is 548 Å². The maximum atomic E-state index is 15.2. The van der Waals surface area contributed by atoms with E-state index >= 15 is 9.59 Å². The number of likely N-dealkylation sites (N-methyl/N-ethyl adjacent to an activating group) is 7. The van der Waals surface area contributed by atoms with Gasteiger partial charge in [-0.05, 0) is 101 Å². The predicted molar refractivity (Wildman–Crippen MR) is 350 cm³/mol. The van der Waals surface area contributed by atoms with E-state index in [-0.39, 0.29) is 63.1 Å². The number of amides is 11. The van der Waals surface area contributed by atoms with Crippen LogP contribution < -0.4 is 21.3 Å². The maximum absolute atomic E-state index is 15.2. The van der Waals surface area contributed by atoms with Crippen molar-refractivity contribution in [3.63, 3.8) is 0 Å². The van der Waals surface area contributed by atoms with Crippen LogP contribution in [0, 0.1) is 35.5 Å².